The standard InChI is InChI=1S/C25H31ClN2O4S/c26-22-17-21(33(30,31)28-16-8-10-19-9-6-7-13-23(19)28)14-15-24(22)32-18-25(29)27-20-11-4-2-1-3-5-12-20/h6-7,9,13-15,17,20H,1-5,8,10-12,16,18H2,(H,27,29). The number of sulfonamides is 1. The minimum atomic E-state index is -3.76. The first-order chi connectivity index (χ1) is 15.9. The Morgan fingerprint density at radius 3 is 2.52 bits per heavy atom. The monoisotopic (exact) mass is 490 g/mol. The van der Waals surface area contributed by atoms with Crippen LogP contribution in [0.5, 0.6) is 5.75 Å². The van der Waals surface area contributed by atoms with Crippen molar-refractivity contribution < 1.29 is 17.9 Å². The van der Waals surface area contributed by atoms with Crippen LogP contribution in [-0.4, -0.2) is 33.5 Å². The van der Waals surface area contributed by atoms with Gasteiger partial charge in [0.2, 0.25) is 0 Å². The van der Waals surface area contributed by atoms with Gasteiger partial charge >= 0.3 is 0 Å². The second-order valence-corrected chi connectivity index (χ2v) is 11.1. The van der Waals surface area contributed by atoms with Crippen LogP contribution in [0.4, 0.5) is 5.69 Å². The van der Waals surface area contributed by atoms with E-state index < -0.39 is 10.0 Å². The van der Waals surface area contributed by atoms with Gasteiger partial charge in [0.05, 0.1) is 15.6 Å². The molecule has 178 valence electrons. The fourth-order valence-corrected chi connectivity index (χ4v) is 6.52. The number of carbonyl (C=O) groups is 1. The van der Waals surface area contributed by atoms with Gasteiger partial charge < -0.3 is 10.1 Å². The number of benzene rings is 2. The second-order valence-electron chi connectivity index (χ2n) is 8.80. The maximum Gasteiger partial charge on any atom is 0.264 e. The van der Waals surface area contributed by atoms with Crippen molar-refractivity contribution in [2.24, 2.45) is 0 Å². The number of aryl methyl sites for hydroxylation is 1. The van der Waals surface area contributed by atoms with E-state index in [0.717, 1.165) is 44.1 Å². The summed E-state index contributed by atoms with van der Waals surface area (Å²) in [6.45, 7) is 0.276. The molecule has 0 spiro atoms. The van der Waals surface area contributed by atoms with Crippen molar-refractivity contribution in [3.05, 3.63) is 53.1 Å². The zero-order chi connectivity index (χ0) is 23.3. The Kier molecular flexibility index (Phi) is 7.81. The lowest BCUT2D eigenvalue weighted by molar-refractivity contribution is -0.123. The third-order valence-electron chi connectivity index (χ3n) is 6.39. The first kappa shape index (κ1) is 23.9. The van der Waals surface area contributed by atoms with E-state index in [4.69, 9.17) is 16.3 Å². The maximum absolute atomic E-state index is 13.3. The molecule has 1 aliphatic heterocycles. The van der Waals surface area contributed by atoms with Crippen LogP contribution in [0.1, 0.15) is 56.9 Å². The molecular weight excluding hydrogens is 460 g/mol. The summed E-state index contributed by atoms with van der Waals surface area (Å²) >= 11 is 6.35. The predicted molar refractivity (Wildman–Crippen MR) is 130 cm³/mol. The zero-order valence-corrected chi connectivity index (χ0v) is 20.3. The van der Waals surface area contributed by atoms with Gasteiger partial charge in [-0.2, -0.15) is 0 Å². The molecule has 2 aromatic carbocycles. The van der Waals surface area contributed by atoms with E-state index in [1.807, 2.05) is 24.3 Å². The molecule has 0 bridgehead atoms. The summed E-state index contributed by atoms with van der Waals surface area (Å²) in [5.74, 6) is 0.112. The molecule has 0 atom stereocenters. The van der Waals surface area contributed by atoms with Crippen molar-refractivity contribution in [1.29, 1.82) is 0 Å². The Morgan fingerprint density at radius 2 is 1.76 bits per heavy atom. The van der Waals surface area contributed by atoms with E-state index in [0.29, 0.717) is 18.0 Å². The SMILES string of the molecule is O=C(COc1ccc(S(=O)(=O)N2CCCc3ccccc32)cc1Cl)NC1CCCCCCC1. The number of fused-ring (bicyclic) bond motifs is 1. The van der Waals surface area contributed by atoms with Crippen molar-refractivity contribution in [1.82, 2.24) is 5.32 Å². The largest absolute Gasteiger partial charge is 0.482 e. The molecule has 2 aromatic rings. The Morgan fingerprint density at radius 1 is 1.03 bits per heavy atom. The lowest BCUT2D eigenvalue weighted by Crippen LogP contribution is -2.38. The highest BCUT2D eigenvalue weighted by Crippen LogP contribution is 2.34. The molecule has 8 heteroatoms. The molecule has 0 saturated heterocycles. The molecule has 1 aliphatic carbocycles. The number of halogens is 1. The fourth-order valence-electron chi connectivity index (χ4n) is 4.65. The number of ether oxygens (including phenoxy) is 1. The van der Waals surface area contributed by atoms with Crippen LogP contribution >= 0.6 is 11.6 Å². The van der Waals surface area contributed by atoms with Crippen LogP contribution in [0.3, 0.4) is 0 Å². The van der Waals surface area contributed by atoms with Gasteiger partial charge in [-0.1, -0.05) is 61.9 Å². The highest BCUT2D eigenvalue weighted by atomic mass is 35.5. The summed E-state index contributed by atoms with van der Waals surface area (Å²) in [6, 6.07) is 12.2. The molecule has 1 fully saturated rings. The third kappa shape index (κ3) is 5.82. The van der Waals surface area contributed by atoms with Crippen molar-refractivity contribution in [2.45, 2.75) is 68.7 Å². The summed E-state index contributed by atoms with van der Waals surface area (Å²) in [5, 5.41) is 3.22. The molecule has 6 nitrogen and oxygen atoms in total. The van der Waals surface area contributed by atoms with Crippen LogP contribution in [0, 0.1) is 0 Å². The van der Waals surface area contributed by atoms with Crippen molar-refractivity contribution in [3.8, 4) is 5.75 Å². The van der Waals surface area contributed by atoms with E-state index in [-0.39, 0.29) is 28.5 Å². The summed E-state index contributed by atoms with van der Waals surface area (Å²) < 4.78 is 33.7. The molecule has 1 heterocycles. The van der Waals surface area contributed by atoms with Gasteiger partial charge in [0.15, 0.2) is 6.61 Å². The Balaban J connectivity index is 1.40. The van der Waals surface area contributed by atoms with Gasteiger partial charge in [0, 0.05) is 12.6 Å². The maximum atomic E-state index is 13.3. The second kappa shape index (κ2) is 10.8. The normalized spacial score (nSPS) is 17.5. The van der Waals surface area contributed by atoms with E-state index in [1.54, 1.807) is 0 Å². The molecular formula is C25H31ClN2O4S. The Bertz CT molecular complexity index is 1080. The number of anilines is 1. The first-order valence-corrected chi connectivity index (χ1v) is 13.6. The quantitative estimate of drug-likeness (QED) is 0.612. The molecule has 1 N–H and O–H groups in total. The molecule has 0 radical (unpaired) electrons. The van der Waals surface area contributed by atoms with Crippen molar-refractivity contribution in [3.63, 3.8) is 0 Å². The molecule has 1 saturated carbocycles. The van der Waals surface area contributed by atoms with Gasteiger partial charge in [0.25, 0.3) is 15.9 Å². The predicted octanol–water partition coefficient (Wildman–Crippen LogP) is 5.09. The summed E-state index contributed by atoms with van der Waals surface area (Å²) in [7, 11) is -3.76. The Labute approximate surface area is 201 Å². The van der Waals surface area contributed by atoms with E-state index in [1.165, 1.54) is 41.8 Å². The van der Waals surface area contributed by atoms with Crippen molar-refractivity contribution >= 4 is 33.2 Å². The van der Waals surface area contributed by atoms with E-state index in [2.05, 4.69) is 5.32 Å². The number of nitrogens with zero attached hydrogens (tertiary/aromatic N) is 1. The van der Waals surface area contributed by atoms with Crippen LogP contribution in [-0.2, 0) is 21.2 Å². The van der Waals surface area contributed by atoms with Crippen LogP contribution < -0.4 is 14.4 Å². The highest BCUT2D eigenvalue weighted by Gasteiger charge is 2.29. The smallest absolute Gasteiger partial charge is 0.264 e. The number of carbonyl (C=O) groups excluding carboxylic acids is 1. The number of para-hydroxylation sites is 1. The van der Waals surface area contributed by atoms with Gasteiger partial charge in [-0.25, -0.2) is 8.42 Å². The first-order valence-electron chi connectivity index (χ1n) is 11.8. The van der Waals surface area contributed by atoms with Gasteiger partial charge in [-0.15, -0.1) is 0 Å². The minimum absolute atomic E-state index is 0.107. The van der Waals surface area contributed by atoms with E-state index >= 15 is 0 Å². The van der Waals surface area contributed by atoms with Crippen LogP contribution in [0.2, 0.25) is 5.02 Å². The van der Waals surface area contributed by atoms with Gasteiger partial charge in [0.1, 0.15) is 5.75 Å². The minimum Gasteiger partial charge on any atom is -0.482 e. The third-order valence-corrected chi connectivity index (χ3v) is 8.49. The molecule has 4 rings (SSSR count). The zero-order valence-electron chi connectivity index (χ0n) is 18.8. The highest BCUT2D eigenvalue weighted by molar-refractivity contribution is 7.92. The number of amides is 1. The van der Waals surface area contributed by atoms with Gasteiger partial charge in [-0.3, -0.25) is 9.10 Å². The number of hydrogen-bond acceptors (Lipinski definition) is 4. The lowest BCUT2D eigenvalue weighted by atomic mass is 9.97. The molecule has 33 heavy (non-hydrogen) atoms. The van der Waals surface area contributed by atoms with Crippen molar-refractivity contribution in [2.75, 3.05) is 17.5 Å². The number of nitrogens with one attached hydrogen (secondary N) is 1. The summed E-state index contributed by atoms with van der Waals surface area (Å²) in [6.07, 6.45) is 9.60. The molecule has 1 amide bonds. The molecule has 0 aromatic heterocycles. The van der Waals surface area contributed by atoms with E-state index in [9.17, 15) is 13.2 Å². The summed E-state index contributed by atoms with van der Waals surface area (Å²) in [5.41, 5.74) is 1.74. The number of hydrogen-bond donors (Lipinski definition) is 1. The lowest BCUT2D eigenvalue weighted by Gasteiger charge is -2.30. The molecule has 2 aliphatic rings. The molecule has 0 unspecified atom stereocenters. The van der Waals surface area contributed by atoms with Crippen LogP contribution in [0.25, 0.3) is 0 Å². The average molecular weight is 491 g/mol. The summed E-state index contributed by atoms with van der Waals surface area (Å²) in [4.78, 5) is 12.5. The van der Waals surface area contributed by atoms with Gasteiger partial charge in [-0.05, 0) is 55.5 Å². The average Bonchev–Trinajstić information content (AvgIpc) is 2.79. The van der Waals surface area contributed by atoms with Crippen LogP contribution in [0.15, 0.2) is 47.4 Å². The Hall–Kier alpha value is -2.25. The topological polar surface area (TPSA) is 75.7 Å². The fraction of sp³-hybridized carbons (Fsp3) is 0.480. The number of rotatable bonds is 6.